The Hall–Kier alpha value is -2.43. The van der Waals surface area contributed by atoms with E-state index in [0.29, 0.717) is 5.69 Å². The first-order chi connectivity index (χ1) is 11.2. The summed E-state index contributed by atoms with van der Waals surface area (Å²) < 4.78 is 0. The van der Waals surface area contributed by atoms with Gasteiger partial charge in [0.25, 0.3) is 5.91 Å². The molecule has 0 fully saturated rings. The molecule has 122 valence electrons. The van der Waals surface area contributed by atoms with Gasteiger partial charge >= 0.3 is 0 Å². The summed E-state index contributed by atoms with van der Waals surface area (Å²) in [5.74, 6) is 0.659. The van der Waals surface area contributed by atoms with Crippen LogP contribution in [0.5, 0.6) is 0 Å². The Morgan fingerprint density at radius 1 is 1.09 bits per heavy atom. The number of benzene rings is 1. The van der Waals surface area contributed by atoms with Crippen LogP contribution in [-0.4, -0.2) is 40.9 Å². The number of amides is 1. The molecule has 0 aliphatic carbocycles. The molecular formula is C18H24N4O. The van der Waals surface area contributed by atoms with Gasteiger partial charge in [0.2, 0.25) is 0 Å². The molecule has 0 unspecified atom stereocenters. The summed E-state index contributed by atoms with van der Waals surface area (Å²) in [7, 11) is 1.80. The maximum Gasteiger partial charge on any atom is 0.273 e. The molecular weight excluding hydrogens is 288 g/mol. The molecule has 0 saturated heterocycles. The Labute approximate surface area is 138 Å². The van der Waals surface area contributed by atoms with Gasteiger partial charge in [-0.3, -0.25) is 4.79 Å². The predicted octanol–water partition coefficient (Wildman–Crippen LogP) is 3.51. The molecule has 0 aliphatic rings. The van der Waals surface area contributed by atoms with Crippen LogP contribution >= 0.6 is 0 Å². The summed E-state index contributed by atoms with van der Waals surface area (Å²) in [5.41, 5.74) is 1.44. The largest absolute Gasteiger partial charge is 0.340 e. The highest BCUT2D eigenvalue weighted by Crippen LogP contribution is 2.22. The minimum atomic E-state index is -0.0831. The molecule has 0 N–H and O–H groups in total. The van der Waals surface area contributed by atoms with Crippen LogP contribution in [0.4, 0.5) is 11.5 Å². The average molecular weight is 312 g/mol. The van der Waals surface area contributed by atoms with Gasteiger partial charge in [0.15, 0.2) is 5.82 Å². The topological polar surface area (TPSA) is 49.3 Å². The summed E-state index contributed by atoms with van der Waals surface area (Å²) in [4.78, 5) is 24.8. The van der Waals surface area contributed by atoms with Gasteiger partial charge in [0, 0.05) is 25.8 Å². The van der Waals surface area contributed by atoms with E-state index in [2.05, 4.69) is 28.7 Å². The van der Waals surface area contributed by atoms with Crippen molar-refractivity contribution < 1.29 is 4.79 Å². The second-order valence-corrected chi connectivity index (χ2v) is 5.42. The Morgan fingerprint density at radius 3 is 2.39 bits per heavy atom. The molecule has 0 atom stereocenters. The molecule has 23 heavy (non-hydrogen) atoms. The third-order valence-corrected chi connectivity index (χ3v) is 3.71. The van der Waals surface area contributed by atoms with E-state index in [9.17, 15) is 4.79 Å². The Morgan fingerprint density at radius 2 is 1.83 bits per heavy atom. The van der Waals surface area contributed by atoms with E-state index in [0.717, 1.165) is 37.4 Å². The number of para-hydroxylation sites is 1. The molecule has 0 spiro atoms. The first-order valence-corrected chi connectivity index (χ1v) is 8.07. The van der Waals surface area contributed by atoms with Gasteiger partial charge in [-0.25, -0.2) is 9.97 Å². The third kappa shape index (κ3) is 4.28. The lowest BCUT2D eigenvalue weighted by molar-refractivity contribution is 0.0787. The summed E-state index contributed by atoms with van der Waals surface area (Å²) in [6.45, 7) is 5.69. The van der Waals surface area contributed by atoms with Crippen LogP contribution in [-0.2, 0) is 0 Å². The minimum absolute atomic E-state index is 0.0831. The minimum Gasteiger partial charge on any atom is -0.340 e. The zero-order chi connectivity index (χ0) is 16.7. The second kappa shape index (κ2) is 8.27. The Bertz CT molecular complexity index is 613. The quantitative estimate of drug-likeness (QED) is 0.785. The SMILES string of the molecule is CCCCN(C)C(=O)c1cnc(N(CC)c2ccccc2)cn1. The van der Waals surface area contributed by atoms with Crippen molar-refractivity contribution in [2.24, 2.45) is 0 Å². The van der Waals surface area contributed by atoms with Crippen molar-refractivity contribution in [2.75, 3.05) is 25.0 Å². The Kier molecular flexibility index (Phi) is 6.09. The molecule has 0 saturated carbocycles. The third-order valence-electron chi connectivity index (χ3n) is 3.71. The lowest BCUT2D eigenvalue weighted by Gasteiger charge is -2.22. The number of unbranched alkanes of at least 4 members (excludes halogenated alkanes) is 1. The molecule has 5 nitrogen and oxygen atoms in total. The number of hydrogen-bond donors (Lipinski definition) is 0. The second-order valence-electron chi connectivity index (χ2n) is 5.42. The lowest BCUT2D eigenvalue weighted by Crippen LogP contribution is -2.28. The maximum atomic E-state index is 12.3. The molecule has 5 heteroatoms. The van der Waals surface area contributed by atoms with Gasteiger partial charge in [-0.1, -0.05) is 31.5 Å². The van der Waals surface area contributed by atoms with Crippen molar-refractivity contribution in [3.8, 4) is 0 Å². The van der Waals surface area contributed by atoms with Gasteiger partial charge in [0.1, 0.15) is 5.69 Å². The monoisotopic (exact) mass is 312 g/mol. The van der Waals surface area contributed by atoms with Gasteiger partial charge in [-0.15, -0.1) is 0 Å². The fraction of sp³-hybridized carbons (Fsp3) is 0.389. The normalized spacial score (nSPS) is 10.4. The number of carbonyl (C=O) groups excluding carboxylic acids is 1. The van der Waals surface area contributed by atoms with E-state index < -0.39 is 0 Å². The lowest BCUT2D eigenvalue weighted by atomic mass is 10.3. The van der Waals surface area contributed by atoms with Gasteiger partial charge < -0.3 is 9.80 Å². The van der Waals surface area contributed by atoms with Gasteiger partial charge in [-0.05, 0) is 25.5 Å². The van der Waals surface area contributed by atoms with Crippen LogP contribution < -0.4 is 4.90 Å². The summed E-state index contributed by atoms with van der Waals surface area (Å²) in [6.07, 6.45) is 5.28. The zero-order valence-electron chi connectivity index (χ0n) is 14.1. The van der Waals surface area contributed by atoms with E-state index in [4.69, 9.17) is 0 Å². The zero-order valence-corrected chi connectivity index (χ0v) is 14.1. The van der Waals surface area contributed by atoms with Crippen molar-refractivity contribution in [3.63, 3.8) is 0 Å². The van der Waals surface area contributed by atoms with E-state index in [1.54, 1.807) is 24.3 Å². The van der Waals surface area contributed by atoms with Crippen LogP contribution in [0.1, 0.15) is 37.2 Å². The molecule has 1 aromatic heterocycles. The molecule has 0 radical (unpaired) electrons. The van der Waals surface area contributed by atoms with Crippen molar-refractivity contribution in [1.29, 1.82) is 0 Å². The summed E-state index contributed by atoms with van der Waals surface area (Å²) in [6, 6.07) is 10.0. The van der Waals surface area contributed by atoms with Gasteiger partial charge in [-0.2, -0.15) is 0 Å². The van der Waals surface area contributed by atoms with Crippen molar-refractivity contribution in [2.45, 2.75) is 26.7 Å². The highest BCUT2D eigenvalue weighted by molar-refractivity contribution is 5.91. The van der Waals surface area contributed by atoms with Crippen LogP contribution in [0, 0.1) is 0 Å². The molecule has 1 amide bonds. The number of nitrogens with zero attached hydrogens (tertiary/aromatic N) is 4. The molecule has 0 aliphatic heterocycles. The highest BCUT2D eigenvalue weighted by atomic mass is 16.2. The molecule has 0 bridgehead atoms. The van der Waals surface area contributed by atoms with Crippen LogP contribution in [0.3, 0.4) is 0 Å². The first-order valence-electron chi connectivity index (χ1n) is 8.07. The summed E-state index contributed by atoms with van der Waals surface area (Å²) in [5, 5.41) is 0. The molecule has 2 rings (SSSR count). The van der Waals surface area contributed by atoms with Crippen molar-refractivity contribution in [1.82, 2.24) is 14.9 Å². The number of aromatic nitrogens is 2. The maximum absolute atomic E-state index is 12.3. The molecule has 1 aromatic carbocycles. The number of rotatable bonds is 7. The number of carbonyl (C=O) groups is 1. The molecule has 1 heterocycles. The number of anilines is 2. The van der Waals surface area contributed by atoms with Crippen LogP contribution in [0.2, 0.25) is 0 Å². The summed E-state index contributed by atoms with van der Waals surface area (Å²) >= 11 is 0. The van der Waals surface area contributed by atoms with E-state index >= 15 is 0 Å². The van der Waals surface area contributed by atoms with E-state index in [-0.39, 0.29) is 5.91 Å². The van der Waals surface area contributed by atoms with Crippen molar-refractivity contribution in [3.05, 3.63) is 48.4 Å². The van der Waals surface area contributed by atoms with Crippen molar-refractivity contribution >= 4 is 17.4 Å². The highest BCUT2D eigenvalue weighted by Gasteiger charge is 2.15. The van der Waals surface area contributed by atoms with E-state index in [1.165, 1.54) is 0 Å². The fourth-order valence-corrected chi connectivity index (χ4v) is 2.35. The van der Waals surface area contributed by atoms with Crippen LogP contribution in [0.15, 0.2) is 42.7 Å². The standard InChI is InChI=1S/C18H24N4O/c1-4-6-12-21(3)18(23)16-13-20-17(14-19-16)22(5-2)15-10-8-7-9-11-15/h7-11,13-14H,4-6,12H2,1-3H3. The van der Waals surface area contributed by atoms with Gasteiger partial charge in [0.05, 0.1) is 12.4 Å². The first kappa shape index (κ1) is 16.9. The smallest absolute Gasteiger partial charge is 0.273 e. The van der Waals surface area contributed by atoms with E-state index in [1.807, 2.05) is 30.3 Å². The van der Waals surface area contributed by atoms with Crippen LogP contribution in [0.25, 0.3) is 0 Å². The molecule has 2 aromatic rings. The predicted molar refractivity (Wildman–Crippen MR) is 93.0 cm³/mol. The Balaban J connectivity index is 2.13. The fourth-order valence-electron chi connectivity index (χ4n) is 2.35. The average Bonchev–Trinajstić information content (AvgIpc) is 2.61. The number of hydrogen-bond acceptors (Lipinski definition) is 4.